The number of unbranched alkanes of at least 4 members (excludes halogenated alkanes) is 1. The first-order chi connectivity index (χ1) is 9.11. The molecule has 0 saturated heterocycles. The lowest BCUT2D eigenvalue weighted by Crippen LogP contribution is -2.44. The third-order valence-electron chi connectivity index (χ3n) is 2.60. The average molecular weight is 281 g/mol. The zero-order chi connectivity index (χ0) is 14.1. The van der Waals surface area contributed by atoms with Crippen molar-refractivity contribution in [1.82, 2.24) is 10.9 Å². The molecule has 1 rings (SSSR count). The summed E-state index contributed by atoms with van der Waals surface area (Å²) in [4.78, 5) is 11.3. The summed E-state index contributed by atoms with van der Waals surface area (Å²) in [7, 11) is 1.65. The summed E-state index contributed by atoms with van der Waals surface area (Å²) in [6, 6.07) is 7.95. The van der Waals surface area contributed by atoms with Crippen molar-refractivity contribution in [1.29, 1.82) is 0 Å². The number of hydrazine groups is 1. The molecular formula is C13H19N3O2S. The number of methoxy groups -OCH3 is 1. The van der Waals surface area contributed by atoms with Gasteiger partial charge in [0.05, 0.1) is 7.11 Å². The van der Waals surface area contributed by atoms with Crippen LogP contribution in [0.5, 0.6) is 5.75 Å². The molecule has 104 valence electrons. The number of benzene rings is 1. The first kappa shape index (κ1) is 15.2. The Kier molecular flexibility index (Phi) is 6.67. The number of hydrogen-bond donors (Lipinski definition) is 3. The van der Waals surface area contributed by atoms with E-state index in [4.69, 9.17) is 10.5 Å². The van der Waals surface area contributed by atoms with Crippen molar-refractivity contribution in [2.75, 3.05) is 7.11 Å². The van der Waals surface area contributed by atoms with Gasteiger partial charge in [-0.2, -0.15) is 0 Å². The van der Waals surface area contributed by atoms with Gasteiger partial charge in [0.2, 0.25) is 5.91 Å². The normalized spacial score (nSPS) is 9.74. The first-order valence-electron chi connectivity index (χ1n) is 6.09. The van der Waals surface area contributed by atoms with Crippen molar-refractivity contribution in [2.45, 2.75) is 25.7 Å². The molecule has 0 spiro atoms. The van der Waals surface area contributed by atoms with E-state index in [-0.39, 0.29) is 11.0 Å². The number of hydrogen-bond acceptors (Lipinski definition) is 3. The molecule has 1 aromatic rings. The SMILES string of the molecule is COc1ccc(CCCCC(=O)NNC(N)=S)cc1. The second kappa shape index (κ2) is 8.31. The van der Waals surface area contributed by atoms with Crippen LogP contribution in [0.15, 0.2) is 24.3 Å². The van der Waals surface area contributed by atoms with E-state index in [9.17, 15) is 4.79 Å². The average Bonchev–Trinajstić information content (AvgIpc) is 2.42. The van der Waals surface area contributed by atoms with E-state index in [2.05, 4.69) is 23.1 Å². The molecule has 6 heteroatoms. The molecule has 1 amide bonds. The molecule has 0 heterocycles. The van der Waals surface area contributed by atoms with E-state index in [1.807, 2.05) is 24.3 Å². The minimum Gasteiger partial charge on any atom is -0.497 e. The van der Waals surface area contributed by atoms with E-state index >= 15 is 0 Å². The highest BCUT2D eigenvalue weighted by Crippen LogP contribution is 2.13. The number of nitrogens with one attached hydrogen (secondary N) is 2. The predicted octanol–water partition coefficient (Wildman–Crippen LogP) is 1.27. The first-order valence-corrected chi connectivity index (χ1v) is 6.50. The molecule has 4 N–H and O–H groups in total. The number of thiocarbonyl (C=S) groups is 1. The molecule has 19 heavy (non-hydrogen) atoms. The minimum atomic E-state index is -0.109. The van der Waals surface area contributed by atoms with Gasteiger partial charge in [-0.05, 0) is 49.2 Å². The van der Waals surface area contributed by atoms with E-state index in [1.54, 1.807) is 7.11 Å². The quantitative estimate of drug-likeness (QED) is 0.416. The van der Waals surface area contributed by atoms with E-state index in [0.29, 0.717) is 6.42 Å². The van der Waals surface area contributed by atoms with Gasteiger partial charge in [0.1, 0.15) is 5.75 Å². The molecule has 5 nitrogen and oxygen atoms in total. The monoisotopic (exact) mass is 281 g/mol. The fourth-order valence-electron chi connectivity index (χ4n) is 1.60. The molecule has 0 atom stereocenters. The summed E-state index contributed by atoms with van der Waals surface area (Å²) < 4.78 is 5.09. The molecule has 0 bridgehead atoms. The predicted molar refractivity (Wildman–Crippen MR) is 78.6 cm³/mol. The maximum Gasteiger partial charge on any atom is 0.238 e. The molecule has 0 aliphatic carbocycles. The summed E-state index contributed by atoms with van der Waals surface area (Å²) in [6.07, 6.45) is 3.16. The highest BCUT2D eigenvalue weighted by Gasteiger charge is 2.01. The standard InChI is InChI=1S/C13H19N3O2S/c1-18-11-8-6-10(7-9-11)4-2-3-5-12(17)15-16-13(14)19/h6-9H,2-5H2,1H3,(H,15,17)(H3,14,16,19). The molecule has 0 saturated carbocycles. The molecule has 0 aliphatic rings. The maximum atomic E-state index is 11.3. The molecule has 0 aromatic heterocycles. The third kappa shape index (κ3) is 6.61. The van der Waals surface area contributed by atoms with Gasteiger partial charge in [-0.1, -0.05) is 12.1 Å². The number of carbonyl (C=O) groups is 1. The number of rotatable bonds is 6. The van der Waals surface area contributed by atoms with Gasteiger partial charge in [0, 0.05) is 6.42 Å². The van der Waals surface area contributed by atoms with Crippen LogP contribution in [0.2, 0.25) is 0 Å². The van der Waals surface area contributed by atoms with Crippen LogP contribution >= 0.6 is 12.2 Å². The summed E-state index contributed by atoms with van der Waals surface area (Å²) in [5.74, 6) is 0.745. The van der Waals surface area contributed by atoms with Crippen molar-refractivity contribution in [3.05, 3.63) is 29.8 Å². The van der Waals surface area contributed by atoms with Crippen LogP contribution in [0.1, 0.15) is 24.8 Å². The lowest BCUT2D eigenvalue weighted by atomic mass is 10.1. The van der Waals surface area contributed by atoms with Crippen molar-refractivity contribution < 1.29 is 9.53 Å². The Morgan fingerprint density at radius 1 is 1.26 bits per heavy atom. The molecule has 0 radical (unpaired) electrons. The Balaban J connectivity index is 2.16. The van der Waals surface area contributed by atoms with Crippen LogP contribution in [0, 0.1) is 0 Å². The van der Waals surface area contributed by atoms with Crippen molar-refractivity contribution in [2.24, 2.45) is 5.73 Å². The Bertz CT molecular complexity index is 420. The van der Waals surface area contributed by atoms with E-state index in [1.165, 1.54) is 5.56 Å². The second-order valence-corrected chi connectivity index (χ2v) is 4.53. The van der Waals surface area contributed by atoms with Crippen LogP contribution < -0.4 is 21.3 Å². The van der Waals surface area contributed by atoms with Gasteiger partial charge in [0.15, 0.2) is 5.11 Å². The van der Waals surface area contributed by atoms with Gasteiger partial charge >= 0.3 is 0 Å². The Morgan fingerprint density at radius 2 is 1.95 bits per heavy atom. The Morgan fingerprint density at radius 3 is 2.53 bits per heavy atom. The summed E-state index contributed by atoms with van der Waals surface area (Å²) in [5.41, 5.74) is 11.3. The smallest absolute Gasteiger partial charge is 0.238 e. The van der Waals surface area contributed by atoms with Gasteiger partial charge in [0.25, 0.3) is 0 Å². The Hall–Kier alpha value is -1.82. The third-order valence-corrected chi connectivity index (χ3v) is 2.71. The highest BCUT2D eigenvalue weighted by atomic mass is 32.1. The van der Waals surface area contributed by atoms with Crippen LogP contribution in [0.3, 0.4) is 0 Å². The van der Waals surface area contributed by atoms with Gasteiger partial charge in [-0.3, -0.25) is 15.6 Å². The van der Waals surface area contributed by atoms with Gasteiger partial charge < -0.3 is 10.5 Å². The van der Waals surface area contributed by atoms with E-state index < -0.39 is 0 Å². The molecule has 0 aliphatic heterocycles. The lowest BCUT2D eigenvalue weighted by molar-refractivity contribution is -0.121. The van der Waals surface area contributed by atoms with E-state index in [0.717, 1.165) is 25.0 Å². The van der Waals surface area contributed by atoms with Crippen LogP contribution in [-0.2, 0) is 11.2 Å². The summed E-state index contributed by atoms with van der Waals surface area (Å²) >= 11 is 4.58. The zero-order valence-electron chi connectivity index (χ0n) is 10.9. The maximum absolute atomic E-state index is 11.3. The van der Waals surface area contributed by atoms with Gasteiger partial charge in [-0.25, -0.2) is 0 Å². The lowest BCUT2D eigenvalue weighted by Gasteiger charge is -2.06. The Labute approximate surface area is 118 Å². The number of ether oxygens (including phenoxy) is 1. The largest absolute Gasteiger partial charge is 0.497 e. The summed E-state index contributed by atoms with van der Waals surface area (Å²) in [5, 5.41) is 0.0617. The fourth-order valence-corrected chi connectivity index (χ4v) is 1.65. The van der Waals surface area contributed by atoms with Gasteiger partial charge in [-0.15, -0.1) is 0 Å². The highest BCUT2D eigenvalue weighted by molar-refractivity contribution is 7.80. The number of amides is 1. The van der Waals surface area contributed by atoms with Crippen LogP contribution in [0.4, 0.5) is 0 Å². The van der Waals surface area contributed by atoms with Crippen molar-refractivity contribution in [3.63, 3.8) is 0 Å². The molecule has 1 aromatic carbocycles. The van der Waals surface area contributed by atoms with Crippen molar-refractivity contribution in [3.8, 4) is 5.75 Å². The van der Waals surface area contributed by atoms with Crippen LogP contribution in [0.25, 0.3) is 0 Å². The second-order valence-electron chi connectivity index (χ2n) is 4.09. The number of aryl methyl sites for hydroxylation is 1. The topological polar surface area (TPSA) is 76.4 Å². The number of nitrogens with two attached hydrogens (primary N) is 1. The molecule has 0 fully saturated rings. The summed E-state index contributed by atoms with van der Waals surface area (Å²) in [6.45, 7) is 0. The zero-order valence-corrected chi connectivity index (χ0v) is 11.8. The van der Waals surface area contributed by atoms with Crippen LogP contribution in [-0.4, -0.2) is 18.1 Å². The van der Waals surface area contributed by atoms with Crippen molar-refractivity contribution >= 4 is 23.2 Å². The molecular weight excluding hydrogens is 262 g/mol. The fraction of sp³-hybridized carbons (Fsp3) is 0.385. The molecule has 0 unspecified atom stereocenters. The minimum absolute atomic E-state index is 0.0617. The number of carbonyl (C=O) groups excluding carboxylic acids is 1.